The first-order valence-electron chi connectivity index (χ1n) is 10.6. The summed E-state index contributed by atoms with van der Waals surface area (Å²) < 4.78 is 3.72. The molecule has 0 aliphatic heterocycles. The van der Waals surface area contributed by atoms with E-state index in [0.717, 1.165) is 29.7 Å². The van der Waals surface area contributed by atoms with E-state index in [-0.39, 0.29) is 17.3 Å². The van der Waals surface area contributed by atoms with Gasteiger partial charge in [0.2, 0.25) is 0 Å². The number of hydrogen-bond acceptors (Lipinski definition) is 2. The minimum atomic E-state index is -0.939. The zero-order valence-electron chi connectivity index (χ0n) is 18.1. The first-order chi connectivity index (χ1) is 14.4. The van der Waals surface area contributed by atoms with E-state index in [1.54, 1.807) is 12.1 Å². The van der Waals surface area contributed by atoms with Crippen LogP contribution in [0.4, 0.5) is 0 Å². The van der Waals surface area contributed by atoms with E-state index in [9.17, 15) is 14.7 Å². The maximum absolute atomic E-state index is 13.1. The minimum absolute atomic E-state index is 0.0277. The van der Waals surface area contributed by atoms with Crippen molar-refractivity contribution in [1.29, 1.82) is 0 Å². The molecule has 3 rings (SSSR count). The molecule has 0 aliphatic rings. The second-order valence-corrected chi connectivity index (χ2v) is 7.94. The van der Waals surface area contributed by atoms with E-state index in [1.807, 2.05) is 51.7 Å². The Morgan fingerprint density at radius 2 is 1.67 bits per heavy atom. The molecule has 0 saturated carbocycles. The Hall–Kier alpha value is -3.08. The van der Waals surface area contributed by atoms with Crippen LogP contribution in [0.3, 0.4) is 0 Å². The maximum atomic E-state index is 13.1. The van der Waals surface area contributed by atoms with Crippen LogP contribution in [0.5, 0.6) is 0 Å². The number of aromatic carboxylic acids is 1. The van der Waals surface area contributed by atoms with Gasteiger partial charge in [0.15, 0.2) is 0 Å². The molecule has 2 atom stereocenters. The van der Waals surface area contributed by atoms with E-state index in [4.69, 9.17) is 0 Å². The van der Waals surface area contributed by atoms with Crippen molar-refractivity contribution in [2.24, 2.45) is 0 Å². The molecular formula is C25H30N2O3. The Kier molecular flexibility index (Phi) is 6.60. The maximum Gasteiger partial charge on any atom is 0.336 e. The summed E-state index contributed by atoms with van der Waals surface area (Å²) in [4.78, 5) is 24.6. The number of imidazole rings is 1. The van der Waals surface area contributed by atoms with Crippen LogP contribution in [-0.4, -0.2) is 20.2 Å². The Morgan fingerprint density at radius 3 is 2.27 bits per heavy atom. The Balaban J connectivity index is 1.95. The van der Waals surface area contributed by atoms with E-state index in [1.165, 1.54) is 0 Å². The second-order valence-electron chi connectivity index (χ2n) is 7.94. The number of carboxylic acid groups (broad SMARTS) is 1. The first kappa shape index (κ1) is 21.6. The van der Waals surface area contributed by atoms with E-state index >= 15 is 0 Å². The minimum Gasteiger partial charge on any atom is -0.478 e. The highest BCUT2D eigenvalue weighted by Gasteiger charge is 2.18. The fraction of sp³-hybridized carbons (Fsp3) is 0.360. The van der Waals surface area contributed by atoms with Gasteiger partial charge in [-0.25, -0.2) is 9.59 Å². The van der Waals surface area contributed by atoms with E-state index < -0.39 is 5.97 Å². The zero-order chi connectivity index (χ0) is 21.8. The summed E-state index contributed by atoms with van der Waals surface area (Å²) in [7, 11) is 0. The number of rotatable bonds is 8. The van der Waals surface area contributed by atoms with Crippen molar-refractivity contribution in [2.75, 3.05) is 0 Å². The summed E-state index contributed by atoms with van der Waals surface area (Å²) in [5, 5.41) is 9.44. The number of carboxylic acids is 1. The molecule has 5 heteroatoms. The molecule has 158 valence electrons. The predicted molar refractivity (Wildman–Crippen MR) is 120 cm³/mol. The van der Waals surface area contributed by atoms with Crippen molar-refractivity contribution in [1.82, 2.24) is 9.13 Å². The van der Waals surface area contributed by atoms with Crippen molar-refractivity contribution in [3.05, 3.63) is 82.0 Å². The third-order valence-electron chi connectivity index (χ3n) is 5.98. The molecule has 1 heterocycles. The molecule has 2 aromatic carbocycles. The molecule has 0 bridgehead atoms. The molecule has 1 aromatic heterocycles. The number of nitrogens with zero attached hydrogens (tertiary/aromatic N) is 2. The SMILES string of the molecule is CCC(C)c1cn(C(C)CC)c(=O)n1Cc1ccc(-c2ccccc2C(=O)O)cc1. The number of hydrogen-bond donors (Lipinski definition) is 1. The summed E-state index contributed by atoms with van der Waals surface area (Å²) in [5.74, 6) is -0.643. The van der Waals surface area contributed by atoms with Crippen LogP contribution in [0.25, 0.3) is 11.1 Å². The van der Waals surface area contributed by atoms with Gasteiger partial charge in [0.25, 0.3) is 0 Å². The highest BCUT2D eigenvalue weighted by molar-refractivity contribution is 5.95. The quantitative estimate of drug-likeness (QED) is 0.533. The van der Waals surface area contributed by atoms with Crippen molar-refractivity contribution < 1.29 is 9.90 Å². The summed E-state index contributed by atoms with van der Waals surface area (Å²) in [6, 6.07) is 15.0. The van der Waals surface area contributed by atoms with Crippen molar-refractivity contribution >= 4 is 5.97 Å². The average Bonchev–Trinajstić information content (AvgIpc) is 3.09. The molecule has 2 unspecified atom stereocenters. The molecule has 0 radical (unpaired) electrons. The third kappa shape index (κ3) is 4.25. The lowest BCUT2D eigenvalue weighted by atomic mass is 9.98. The summed E-state index contributed by atoms with van der Waals surface area (Å²) in [6.45, 7) is 8.95. The molecule has 0 spiro atoms. The summed E-state index contributed by atoms with van der Waals surface area (Å²) in [5.41, 5.74) is 3.93. The van der Waals surface area contributed by atoms with Gasteiger partial charge in [-0.05, 0) is 48.4 Å². The molecule has 0 saturated heterocycles. The van der Waals surface area contributed by atoms with Crippen LogP contribution in [0.1, 0.15) is 74.1 Å². The van der Waals surface area contributed by atoms with E-state index in [2.05, 4.69) is 27.7 Å². The van der Waals surface area contributed by atoms with Gasteiger partial charge in [-0.15, -0.1) is 0 Å². The number of benzene rings is 2. The fourth-order valence-electron chi connectivity index (χ4n) is 3.68. The Labute approximate surface area is 177 Å². The zero-order valence-corrected chi connectivity index (χ0v) is 18.1. The number of carbonyl (C=O) groups is 1. The molecule has 1 N–H and O–H groups in total. The first-order valence-corrected chi connectivity index (χ1v) is 10.6. The van der Waals surface area contributed by atoms with Crippen molar-refractivity contribution in [3.63, 3.8) is 0 Å². The van der Waals surface area contributed by atoms with Crippen LogP contribution in [0.15, 0.2) is 59.5 Å². The van der Waals surface area contributed by atoms with Crippen LogP contribution < -0.4 is 5.69 Å². The lowest BCUT2D eigenvalue weighted by Gasteiger charge is -2.13. The molecule has 3 aromatic rings. The van der Waals surface area contributed by atoms with Gasteiger partial charge in [0, 0.05) is 17.9 Å². The second kappa shape index (κ2) is 9.16. The Morgan fingerprint density at radius 1 is 1.00 bits per heavy atom. The number of aromatic nitrogens is 2. The lowest BCUT2D eigenvalue weighted by Crippen LogP contribution is -2.27. The largest absolute Gasteiger partial charge is 0.478 e. The van der Waals surface area contributed by atoms with Gasteiger partial charge < -0.3 is 5.11 Å². The van der Waals surface area contributed by atoms with Gasteiger partial charge >= 0.3 is 11.7 Å². The fourth-order valence-corrected chi connectivity index (χ4v) is 3.68. The molecular weight excluding hydrogens is 376 g/mol. The molecule has 0 aliphatic carbocycles. The molecule has 0 fully saturated rings. The average molecular weight is 407 g/mol. The van der Waals surface area contributed by atoms with Gasteiger partial charge in [0.05, 0.1) is 12.1 Å². The standard InChI is InChI=1S/C25H30N2O3/c1-5-17(3)23-16-26(18(4)6-2)25(30)27(23)15-19-11-13-20(14-12-19)21-9-7-8-10-22(21)24(28)29/h7-14,16-18H,5-6,15H2,1-4H3,(H,28,29). The summed E-state index contributed by atoms with van der Waals surface area (Å²) >= 11 is 0. The highest BCUT2D eigenvalue weighted by atomic mass is 16.4. The van der Waals surface area contributed by atoms with Gasteiger partial charge in [-0.1, -0.05) is 63.2 Å². The van der Waals surface area contributed by atoms with Gasteiger partial charge in [-0.2, -0.15) is 0 Å². The Bertz CT molecular complexity index is 1080. The molecule has 0 amide bonds. The monoisotopic (exact) mass is 406 g/mol. The normalized spacial score (nSPS) is 13.2. The molecule has 30 heavy (non-hydrogen) atoms. The van der Waals surface area contributed by atoms with Gasteiger partial charge in [-0.3, -0.25) is 9.13 Å². The van der Waals surface area contributed by atoms with Crippen LogP contribution in [-0.2, 0) is 6.54 Å². The smallest absolute Gasteiger partial charge is 0.336 e. The van der Waals surface area contributed by atoms with Crippen LogP contribution in [0.2, 0.25) is 0 Å². The van der Waals surface area contributed by atoms with Crippen molar-refractivity contribution in [2.45, 2.75) is 59.0 Å². The highest BCUT2D eigenvalue weighted by Crippen LogP contribution is 2.25. The topological polar surface area (TPSA) is 64.2 Å². The van der Waals surface area contributed by atoms with Crippen molar-refractivity contribution in [3.8, 4) is 11.1 Å². The van der Waals surface area contributed by atoms with Crippen LogP contribution in [0, 0.1) is 0 Å². The van der Waals surface area contributed by atoms with Crippen LogP contribution >= 0.6 is 0 Å². The summed E-state index contributed by atoms with van der Waals surface area (Å²) in [6.07, 6.45) is 3.89. The lowest BCUT2D eigenvalue weighted by molar-refractivity contribution is 0.0697. The predicted octanol–water partition coefficient (Wildman–Crippen LogP) is 5.55. The third-order valence-corrected chi connectivity index (χ3v) is 5.98. The molecule has 5 nitrogen and oxygen atoms in total. The van der Waals surface area contributed by atoms with E-state index in [0.29, 0.717) is 18.0 Å². The van der Waals surface area contributed by atoms with Gasteiger partial charge in [0.1, 0.15) is 0 Å².